The van der Waals surface area contributed by atoms with Crippen molar-refractivity contribution in [2.75, 3.05) is 25.3 Å². The smallest absolute Gasteiger partial charge is 0.234 e. The molecule has 4 aromatic rings. The number of carbonyl (C=O) groups excluding carboxylic acids is 1. The van der Waals surface area contributed by atoms with Crippen LogP contribution in [0.5, 0.6) is 11.5 Å². The summed E-state index contributed by atoms with van der Waals surface area (Å²) >= 11 is 1.33. The fraction of sp³-hybridized carbons (Fsp3) is 0.192. The van der Waals surface area contributed by atoms with Gasteiger partial charge in [-0.3, -0.25) is 9.36 Å². The van der Waals surface area contributed by atoms with Crippen LogP contribution in [0.4, 0.5) is 5.69 Å². The van der Waals surface area contributed by atoms with Crippen LogP contribution in [-0.2, 0) is 11.2 Å². The van der Waals surface area contributed by atoms with Gasteiger partial charge in [0, 0.05) is 16.9 Å². The number of rotatable bonds is 9. The maximum Gasteiger partial charge on any atom is 0.234 e. The minimum atomic E-state index is -0.107. The molecule has 8 heteroatoms. The van der Waals surface area contributed by atoms with Crippen molar-refractivity contribution in [1.82, 2.24) is 14.8 Å². The maximum atomic E-state index is 12.6. The van der Waals surface area contributed by atoms with E-state index < -0.39 is 0 Å². The molecule has 0 spiro atoms. The predicted molar refractivity (Wildman–Crippen MR) is 135 cm³/mol. The van der Waals surface area contributed by atoms with E-state index in [4.69, 9.17) is 9.47 Å². The third kappa shape index (κ3) is 5.23. The third-order valence-corrected chi connectivity index (χ3v) is 6.20. The fourth-order valence-corrected chi connectivity index (χ4v) is 4.24. The van der Waals surface area contributed by atoms with Crippen LogP contribution in [0.2, 0.25) is 0 Å². The lowest BCUT2D eigenvalue weighted by molar-refractivity contribution is -0.113. The van der Waals surface area contributed by atoms with Crippen molar-refractivity contribution in [2.24, 2.45) is 0 Å². The highest BCUT2D eigenvalue weighted by atomic mass is 32.2. The van der Waals surface area contributed by atoms with Crippen molar-refractivity contribution in [3.8, 4) is 28.6 Å². The molecule has 0 saturated carbocycles. The van der Waals surface area contributed by atoms with Crippen LogP contribution in [0, 0.1) is 0 Å². The standard InChI is InChI=1S/C26H26N4O3S/c1-4-18-10-13-20(14-11-18)27-24(31)17-34-26-29-28-25(30(26)21-8-6-5-7-9-21)19-12-15-22(32-2)23(16-19)33-3/h5-16H,4,17H2,1-3H3,(H,27,31). The molecule has 0 unspecified atom stereocenters. The van der Waals surface area contributed by atoms with Gasteiger partial charge in [-0.15, -0.1) is 10.2 Å². The Balaban J connectivity index is 1.59. The van der Waals surface area contributed by atoms with Crippen molar-refractivity contribution in [2.45, 2.75) is 18.5 Å². The SMILES string of the molecule is CCc1ccc(NC(=O)CSc2nnc(-c3ccc(OC)c(OC)c3)n2-c2ccccc2)cc1. The Morgan fingerprint density at radius 3 is 2.35 bits per heavy atom. The molecule has 1 aromatic heterocycles. The number of thioether (sulfide) groups is 1. The molecule has 0 atom stereocenters. The van der Waals surface area contributed by atoms with Crippen LogP contribution < -0.4 is 14.8 Å². The third-order valence-electron chi connectivity index (χ3n) is 5.27. The largest absolute Gasteiger partial charge is 0.493 e. The van der Waals surface area contributed by atoms with Gasteiger partial charge in [0.15, 0.2) is 22.5 Å². The first-order valence-electron chi connectivity index (χ1n) is 10.9. The van der Waals surface area contributed by atoms with Gasteiger partial charge in [-0.2, -0.15) is 0 Å². The zero-order valence-electron chi connectivity index (χ0n) is 19.3. The number of nitrogens with zero attached hydrogens (tertiary/aromatic N) is 3. The summed E-state index contributed by atoms with van der Waals surface area (Å²) < 4.78 is 12.8. The number of amides is 1. The topological polar surface area (TPSA) is 78.3 Å². The molecule has 0 saturated heterocycles. The molecular weight excluding hydrogens is 448 g/mol. The summed E-state index contributed by atoms with van der Waals surface area (Å²) in [6.07, 6.45) is 0.960. The zero-order valence-corrected chi connectivity index (χ0v) is 20.1. The van der Waals surface area contributed by atoms with Gasteiger partial charge in [-0.25, -0.2) is 0 Å². The number of carbonyl (C=O) groups is 1. The molecule has 4 rings (SSSR count). The maximum absolute atomic E-state index is 12.6. The van der Waals surface area contributed by atoms with Crippen molar-refractivity contribution in [3.05, 3.63) is 78.4 Å². The Kier molecular flexibility index (Phi) is 7.49. The minimum Gasteiger partial charge on any atom is -0.493 e. The number of aromatic nitrogens is 3. The summed E-state index contributed by atoms with van der Waals surface area (Å²) in [5.41, 5.74) is 3.72. The van der Waals surface area contributed by atoms with E-state index in [9.17, 15) is 4.79 Å². The molecule has 3 aromatic carbocycles. The van der Waals surface area contributed by atoms with E-state index >= 15 is 0 Å². The Bertz CT molecular complexity index is 1260. The molecular formula is C26H26N4O3S. The van der Waals surface area contributed by atoms with E-state index in [1.165, 1.54) is 17.3 Å². The van der Waals surface area contributed by atoms with Gasteiger partial charge in [0.25, 0.3) is 0 Å². The average molecular weight is 475 g/mol. The molecule has 34 heavy (non-hydrogen) atoms. The summed E-state index contributed by atoms with van der Waals surface area (Å²) in [5, 5.41) is 12.4. The lowest BCUT2D eigenvalue weighted by Crippen LogP contribution is -2.14. The van der Waals surface area contributed by atoms with Crippen molar-refractivity contribution in [3.63, 3.8) is 0 Å². The lowest BCUT2D eigenvalue weighted by atomic mass is 10.1. The number of anilines is 1. The molecule has 0 radical (unpaired) electrons. The Labute approximate surface area is 203 Å². The number of para-hydroxylation sites is 1. The molecule has 1 N–H and O–H groups in total. The van der Waals surface area contributed by atoms with E-state index in [0.29, 0.717) is 22.5 Å². The molecule has 1 heterocycles. The van der Waals surface area contributed by atoms with Gasteiger partial charge in [0.1, 0.15) is 0 Å². The second-order valence-electron chi connectivity index (χ2n) is 7.43. The number of benzene rings is 3. The minimum absolute atomic E-state index is 0.107. The number of methoxy groups -OCH3 is 2. The molecule has 0 fully saturated rings. The zero-order chi connectivity index (χ0) is 23.9. The van der Waals surface area contributed by atoms with Gasteiger partial charge >= 0.3 is 0 Å². The summed E-state index contributed by atoms with van der Waals surface area (Å²) in [7, 11) is 3.20. The van der Waals surface area contributed by atoms with E-state index in [1.807, 2.05) is 77.4 Å². The number of aryl methyl sites for hydroxylation is 1. The Hall–Kier alpha value is -3.78. The molecule has 0 aliphatic carbocycles. The quantitative estimate of drug-likeness (QED) is 0.334. The Morgan fingerprint density at radius 1 is 0.941 bits per heavy atom. The van der Waals surface area contributed by atoms with Crippen LogP contribution in [-0.4, -0.2) is 40.6 Å². The summed E-state index contributed by atoms with van der Waals surface area (Å²) in [4.78, 5) is 12.6. The highest BCUT2D eigenvalue weighted by Crippen LogP contribution is 2.34. The highest BCUT2D eigenvalue weighted by molar-refractivity contribution is 7.99. The van der Waals surface area contributed by atoms with Crippen LogP contribution >= 0.6 is 11.8 Å². The highest BCUT2D eigenvalue weighted by Gasteiger charge is 2.19. The van der Waals surface area contributed by atoms with Crippen molar-refractivity contribution < 1.29 is 14.3 Å². The molecule has 0 aliphatic rings. The van der Waals surface area contributed by atoms with Crippen molar-refractivity contribution >= 4 is 23.4 Å². The number of ether oxygens (including phenoxy) is 2. The summed E-state index contributed by atoms with van der Waals surface area (Å²) in [5.74, 6) is 1.97. The first kappa shape index (κ1) is 23.4. The number of hydrogen-bond donors (Lipinski definition) is 1. The molecule has 174 valence electrons. The summed E-state index contributed by atoms with van der Waals surface area (Å²) in [6.45, 7) is 2.10. The molecule has 0 bridgehead atoms. The van der Waals surface area contributed by atoms with Gasteiger partial charge in [0.2, 0.25) is 5.91 Å². The molecule has 1 amide bonds. The van der Waals surface area contributed by atoms with Crippen LogP contribution in [0.1, 0.15) is 12.5 Å². The molecule has 0 aliphatic heterocycles. The van der Waals surface area contributed by atoms with Crippen LogP contribution in [0.25, 0.3) is 17.1 Å². The second-order valence-corrected chi connectivity index (χ2v) is 8.38. The van der Waals surface area contributed by atoms with E-state index in [-0.39, 0.29) is 11.7 Å². The second kappa shape index (κ2) is 10.9. The number of hydrogen-bond acceptors (Lipinski definition) is 6. The number of nitrogens with one attached hydrogen (secondary N) is 1. The monoisotopic (exact) mass is 474 g/mol. The van der Waals surface area contributed by atoms with Crippen LogP contribution in [0.3, 0.4) is 0 Å². The van der Waals surface area contributed by atoms with Gasteiger partial charge in [0.05, 0.1) is 20.0 Å². The lowest BCUT2D eigenvalue weighted by Gasteiger charge is -2.12. The van der Waals surface area contributed by atoms with Crippen molar-refractivity contribution in [1.29, 1.82) is 0 Å². The first-order valence-corrected chi connectivity index (χ1v) is 11.9. The van der Waals surface area contributed by atoms with Gasteiger partial charge < -0.3 is 14.8 Å². The van der Waals surface area contributed by atoms with E-state index in [2.05, 4.69) is 22.4 Å². The normalized spacial score (nSPS) is 10.7. The first-order chi connectivity index (χ1) is 16.6. The van der Waals surface area contributed by atoms with Crippen LogP contribution in [0.15, 0.2) is 78.0 Å². The molecule has 7 nitrogen and oxygen atoms in total. The fourth-order valence-electron chi connectivity index (χ4n) is 3.49. The van der Waals surface area contributed by atoms with Gasteiger partial charge in [-0.1, -0.05) is 49.0 Å². The van der Waals surface area contributed by atoms with E-state index in [0.717, 1.165) is 23.4 Å². The summed E-state index contributed by atoms with van der Waals surface area (Å²) in [6, 6.07) is 23.3. The van der Waals surface area contributed by atoms with Gasteiger partial charge in [-0.05, 0) is 54.4 Å². The van der Waals surface area contributed by atoms with E-state index in [1.54, 1.807) is 14.2 Å². The predicted octanol–water partition coefficient (Wildman–Crippen LogP) is 5.24. The Morgan fingerprint density at radius 2 is 1.68 bits per heavy atom. The average Bonchev–Trinajstić information content (AvgIpc) is 3.32.